The lowest BCUT2D eigenvalue weighted by molar-refractivity contribution is -0.408. The highest BCUT2D eigenvalue weighted by atomic mass is 16.9. The van der Waals surface area contributed by atoms with Crippen molar-refractivity contribution < 1.29 is 18.9 Å². The van der Waals surface area contributed by atoms with Gasteiger partial charge in [-0.2, -0.15) is 0 Å². The van der Waals surface area contributed by atoms with Gasteiger partial charge < -0.3 is 18.9 Å². The van der Waals surface area contributed by atoms with Crippen LogP contribution in [0.1, 0.15) is 98.8 Å². The van der Waals surface area contributed by atoms with Crippen molar-refractivity contribution in [2.24, 2.45) is 5.92 Å². The lowest BCUT2D eigenvalue weighted by atomic mass is 9.98. The maximum atomic E-state index is 6.17. The number of rotatable bonds is 19. The molecule has 4 nitrogen and oxygen atoms in total. The molecule has 0 fully saturated rings. The first kappa shape index (κ1) is 29.8. The maximum absolute atomic E-state index is 6.17. The van der Waals surface area contributed by atoms with Gasteiger partial charge in [-0.3, -0.25) is 0 Å². The predicted molar refractivity (Wildman–Crippen MR) is 121 cm³/mol. The van der Waals surface area contributed by atoms with E-state index in [0.717, 1.165) is 25.7 Å². The van der Waals surface area contributed by atoms with Crippen molar-refractivity contribution in [2.75, 3.05) is 33.5 Å². The first-order chi connectivity index (χ1) is 13.6. The Hall–Kier alpha value is -0.420. The van der Waals surface area contributed by atoms with E-state index in [9.17, 15) is 0 Å². The second kappa shape index (κ2) is 22.9. The molecule has 170 valence electrons. The van der Waals surface area contributed by atoms with Crippen LogP contribution in [0.4, 0.5) is 0 Å². The van der Waals surface area contributed by atoms with E-state index in [1.165, 1.54) is 38.5 Å². The average Bonchev–Trinajstić information content (AvgIpc) is 2.70. The number of allylic oxidation sites excluding steroid dienone is 1. The molecule has 0 heterocycles. The maximum Gasteiger partial charge on any atom is 0.288 e. The molecular weight excluding hydrogens is 352 g/mol. The number of unbranched alkanes of at least 4 members (excludes halogenated alkanes) is 5. The van der Waals surface area contributed by atoms with E-state index in [4.69, 9.17) is 18.9 Å². The molecule has 0 aromatic carbocycles. The zero-order valence-corrected chi connectivity index (χ0v) is 19.9. The topological polar surface area (TPSA) is 36.9 Å². The fraction of sp³-hybridized carbons (Fsp3) is 0.917. The minimum Gasteiger partial charge on any atom is -0.384 e. The minimum absolute atomic E-state index is 0.105. The van der Waals surface area contributed by atoms with E-state index < -0.39 is 5.97 Å². The summed E-state index contributed by atoms with van der Waals surface area (Å²) in [5.74, 6) is -0.852. The van der Waals surface area contributed by atoms with Gasteiger partial charge in [0.1, 0.15) is 0 Å². The molecule has 1 unspecified atom stereocenters. The zero-order chi connectivity index (χ0) is 21.5. The van der Waals surface area contributed by atoms with Gasteiger partial charge in [0.15, 0.2) is 0 Å². The van der Waals surface area contributed by atoms with Gasteiger partial charge in [0.2, 0.25) is 0 Å². The summed E-state index contributed by atoms with van der Waals surface area (Å²) in [5.41, 5.74) is 0. The number of hydrogen-bond donors (Lipinski definition) is 0. The number of ether oxygens (including phenoxy) is 4. The van der Waals surface area contributed by atoms with Crippen LogP contribution < -0.4 is 0 Å². The van der Waals surface area contributed by atoms with Crippen LogP contribution in [0.2, 0.25) is 0 Å². The van der Waals surface area contributed by atoms with Crippen molar-refractivity contribution in [3.8, 4) is 0 Å². The monoisotopic (exact) mass is 402 g/mol. The summed E-state index contributed by atoms with van der Waals surface area (Å²) in [6.45, 7) is 16.4. The van der Waals surface area contributed by atoms with Crippen molar-refractivity contribution in [3.63, 3.8) is 0 Å². The highest BCUT2D eigenvalue weighted by molar-refractivity contribution is 4.73. The zero-order valence-electron chi connectivity index (χ0n) is 19.9. The second-order valence-corrected chi connectivity index (χ2v) is 7.27. The van der Waals surface area contributed by atoms with Gasteiger partial charge >= 0.3 is 0 Å². The molecule has 4 heteroatoms. The molecule has 0 spiro atoms. The van der Waals surface area contributed by atoms with Gasteiger partial charge in [-0.15, -0.1) is 6.58 Å². The van der Waals surface area contributed by atoms with Crippen LogP contribution in [-0.2, 0) is 18.9 Å². The van der Waals surface area contributed by atoms with Gasteiger partial charge in [-0.1, -0.05) is 72.3 Å². The first-order valence-electron chi connectivity index (χ1n) is 11.6. The summed E-state index contributed by atoms with van der Waals surface area (Å²) >= 11 is 0. The van der Waals surface area contributed by atoms with Gasteiger partial charge in [-0.05, 0) is 32.6 Å². The molecule has 0 aromatic heterocycles. The Bertz CT molecular complexity index is 285. The number of hydrogen-bond acceptors (Lipinski definition) is 4. The van der Waals surface area contributed by atoms with E-state index in [1.807, 2.05) is 6.92 Å². The van der Waals surface area contributed by atoms with Gasteiger partial charge in [0, 0.05) is 7.11 Å². The van der Waals surface area contributed by atoms with Crippen LogP contribution in [0.25, 0.3) is 0 Å². The van der Waals surface area contributed by atoms with Crippen molar-refractivity contribution >= 4 is 0 Å². The fourth-order valence-electron chi connectivity index (χ4n) is 2.95. The fourth-order valence-corrected chi connectivity index (χ4v) is 2.95. The molecule has 1 atom stereocenters. The highest BCUT2D eigenvalue weighted by Gasteiger charge is 2.42. The summed E-state index contributed by atoms with van der Waals surface area (Å²) in [6, 6.07) is 0. The molecule has 28 heavy (non-hydrogen) atoms. The molecular formula is C24H50O4. The Kier molecular flexibility index (Phi) is 24.3. The lowest BCUT2D eigenvalue weighted by Crippen LogP contribution is -2.49. The summed E-state index contributed by atoms with van der Waals surface area (Å²) < 4.78 is 24.0. The largest absolute Gasteiger partial charge is 0.384 e. The van der Waals surface area contributed by atoms with E-state index in [2.05, 4.69) is 34.3 Å². The van der Waals surface area contributed by atoms with E-state index in [-0.39, 0.29) is 5.92 Å². The van der Waals surface area contributed by atoms with Crippen LogP contribution in [0.5, 0.6) is 0 Å². The van der Waals surface area contributed by atoms with E-state index in [1.54, 1.807) is 13.2 Å². The first-order valence-corrected chi connectivity index (χ1v) is 11.6. The Morgan fingerprint density at radius 3 is 1.57 bits per heavy atom. The molecule has 0 aliphatic rings. The SMILES string of the molecule is C=CC.CCCCCCCCC(COC)C(OCCC)(OCCC)OCCC. The van der Waals surface area contributed by atoms with Crippen molar-refractivity contribution in [2.45, 2.75) is 105 Å². The predicted octanol–water partition coefficient (Wildman–Crippen LogP) is 7.13. The van der Waals surface area contributed by atoms with Crippen molar-refractivity contribution in [1.82, 2.24) is 0 Å². The smallest absolute Gasteiger partial charge is 0.288 e. The Morgan fingerprint density at radius 1 is 0.750 bits per heavy atom. The molecule has 0 aromatic rings. The normalized spacial score (nSPS) is 12.4. The summed E-state index contributed by atoms with van der Waals surface area (Å²) in [4.78, 5) is 0. The third-order valence-corrected chi connectivity index (χ3v) is 4.30. The van der Waals surface area contributed by atoms with Crippen LogP contribution >= 0.6 is 0 Å². The summed E-state index contributed by atoms with van der Waals surface area (Å²) in [6.07, 6.45) is 13.3. The van der Waals surface area contributed by atoms with Gasteiger partial charge in [-0.25, -0.2) is 0 Å². The molecule has 0 saturated heterocycles. The molecule has 0 aliphatic carbocycles. The number of methoxy groups -OCH3 is 1. The van der Waals surface area contributed by atoms with Gasteiger partial charge in [0.05, 0.1) is 32.3 Å². The van der Waals surface area contributed by atoms with Gasteiger partial charge in [0.25, 0.3) is 5.97 Å². The van der Waals surface area contributed by atoms with Crippen LogP contribution in [0, 0.1) is 5.92 Å². The van der Waals surface area contributed by atoms with Crippen LogP contribution in [0.15, 0.2) is 12.7 Å². The third kappa shape index (κ3) is 15.5. The van der Waals surface area contributed by atoms with Crippen LogP contribution in [-0.4, -0.2) is 39.5 Å². The van der Waals surface area contributed by atoms with Crippen LogP contribution in [0.3, 0.4) is 0 Å². The quantitative estimate of drug-likeness (QED) is 0.131. The summed E-state index contributed by atoms with van der Waals surface area (Å²) in [7, 11) is 1.75. The second-order valence-electron chi connectivity index (χ2n) is 7.27. The lowest BCUT2D eigenvalue weighted by Gasteiger charge is -2.39. The molecule has 0 amide bonds. The third-order valence-electron chi connectivity index (χ3n) is 4.30. The Balaban J connectivity index is 0. The van der Waals surface area contributed by atoms with Crippen molar-refractivity contribution in [1.29, 1.82) is 0 Å². The minimum atomic E-state index is -0.957. The average molecular weight is 403 g/mol. The Morgan fingerprint density at radius 2 is 1.18 bits per heavy atom. The molecule has 0 bridgehead atoms. The molecule has 0 radical (unpaired) electrons. The standard InChI is InChI=1S/C21H44O4.C3H6/c1-6-10-11-12-13-14-15-20(19-22-5)21(23-16-7-2,24-17-8-3)25-18-9-4;1-3-2/h20H,6-19H2,1-5H3;3H,1H2,2H3. The Labute approximate surface area is 176 Å². The molecule has 0 saturated carbocycles. The highest BCUT2D eigenvalue weighted by Crippen LogP contribution is 2.31. The van der Waals surface area contributed by atoms with E-state index >= 15 is 0 Å². The molecule has 0 rings (SSSR count). The van der Waals surface area contributed by atoms with E-state index in [0.29, 0.717) is 26.4 Å². The van der Waals surface area contributed by atoms with Crippen molar-refractivity contribution in [3.05, 3.63) is 12.7 Å². The molecule has 0 N–H and O–H groups in total. The summed E-state index contributed by atoms with van der Waals surface area (Å²) in [5, 5.41) is 0. The molecule has 0 aliphatic heterocycles.